The summed E-state index contributed by atoms with van der Waals surface area (Å²) in [5.41, 5.74) is 1.14. The van der Waals surface area contributed by atoms with Crippen molar-refractivity contribution in [2.75, 3.05) is 31.1 Å². The Kier molecular flexibility index (Phi) is 5.39. The molecule has 0 atom stereocenters. The molecule has 6 heteroatoms. The summed E-state index contributed by atoms with van der Waals surface area (Å²) in [4.78, 5) is 6.66. The Balaban J connectivity index is 1.24. The van der Waals surface area contributed by atoms with Gasteiger partial charge in [-0.25, -0.2) is 4.98 Å². The molecular formula is C19H29N3O3. The molecule has 2 saturated heterocycles. The van der Waals surface area contributed by atoms with E-state index < -0.39 is 0 Å². The lowest BCUT2D eigenvalue weighted by molar-refractivity contribution is -0.103. The van der Waals surface area contributed by atoms with Gasteiger partial charge >= 0.3 is 0 Å². The van der Waals surface area contributed by atoms with Crippen molar-refractivity contribution in [1.82, 2.24) is 10.3 Å². The highest BCUT2D eigenvalue weighted by molar-refractivity contribution is 5.48. The molecule has 2 N–H and O–H groups in total. The zero-order chi connectivity index (χ0) is 17.1. The third-order valence-corrected chi connectivity index (χ3v) is 5.56. The number of aliphatic hydroxyl groups is 1. The van der Waals surface area contributed by atoms with E-state index in [1.807, 2.05) is 18.3 Å². The smallest absolute Gasteiger partial charge is 0.215 e. The van der Waals surface area contributed by atoms with Crippen LogP contribution in [0, 0.1) is 0 Å². The van der Waals surface area contributed by atoms with E-state index in [0.29, 0.717) is 18.1 Å². The van der Waals surface area contributed by atoms with Crippen LogP contribution in [-0.4, -0.2) is 60.7 Å². The molecule has 0 amide bonds. The monoisotopic (exact) mass is 347 g/mol. The second-order valence-electron chi connectivity index (χ2n) is 7.49. The predicted octanol–water partition coefficient (Wildman–Crippen LogP) is 1.72. The lowest BCUT2D eigenvalue weighted by Crippen LogP contribution is -2.43. The normalized spacial score (nSPS) is 28.6. The molecule has 4 rings (SSSR count). The first kappa shape index (κ1) is 17.1. The maximum absolute atomic E-state index is 9.65. The fourth-order valence-corrected chi connectivity index (χ4v) is 3.88. The number of aliphatic hydroxyl groups excluding tert-OH is 1. The van der Waals surface area contributed by atoms with E-state index in [-0.39, 0.29) is 12.2 Å². The second kappa shape index (κ2) is 7.89. The van der Waals surface area contributed by atoms with Gasteiger partial charge in [0.2, 0.25) is 5.88 Å². The Labute approximate surface area is 149 Å². The van der Waals surface area contributed by atoms with Gasteiger partial charge < -0.3 is 24.8 Å². The summed E-state index contributed by atoms with van der Waals surface area (Å²) in [7, 11) is 0. The van der Waals surface area contributed by atoms with Crippen molar-refractivity contribution < 1.29 is 14.6 Å². The number of aromatic nitrogens is 1. The van der Waals surface area contributed by atoms with Crippen molar-refractivity contribution >= 4 is 5.69 Å². The SMILES string of the molecule is OC1CCN(c2ccnc(O[C@H]3C[C@H](OC4CCNCC4)C3)c2)CC1. The number of hydrogen-bond acceptors (Lipinski definition) is 6. The van der Waals surface area contributed by atoms with E-state index in [0.717, 1.165) is 70.4 Å². The van der Waals surface area contributed by atoms with Crippen LogP contribution in [0.2, 0.25) is 0 Å². The molecule has 1 aromatic heterocycles. The summed E-state index contributed by atoms with van der Waals surface area (Å²) in [5, 5.41) is 13.0. The Morgan fingerprint density at radius 1 is 1.04 bits per heavy atom. The first-order valence-corrected chi connectivity index (χ1v) is 9.68. The summed E-state index contributed by atoms with van der Waals surface area (Å²) >= 11 is 0. The fourth-order valence-electron chi connectivity index (χ4n) is 3.88. The Morgan fingerprint density at radius 3 is 2.56 bits per heavy atom. The van der Waals surface area contributed by atoms with Crippen LogP contribution in [0.25, 0.3) is 0 Å². The van der Waals surface area contributed by atoms with Gasteiger partial charge in [-0.05, 0) is 44.8 Å². The molecule has 3 heterocycles. The van der Waals surface area contributed by atoms with Crippen molar-refractivity contribution in [3.63, 3.8) is 0 Å². The van der Waals surface area contributed by atoms with Crippen LogP contribution in [0.1, 0.15) is 38.5 Å². The van der Waals surface area contributed by atoms with Gasteiger partial charge in [-0.2, -0.15) is 0 Å². The highest BCUT2D eigenvalue weighted by Gasteiger charge is 2.34. The van der Waals surface area contributed by atoms with Gasteiger partial charge in [-0.3, -0.25) is 0 Å². The molecule has 0 spiro atoms. The predicted molar refractivity (Wildman–Crippen MR) is 96.1 cm³/mol. The maximum Gasteiger partial charge on any atom is 0.215 e. The number of pyridine rings is 1. The van der Waals surface area contributed by atoms with Crippen molar-refractivity contribution in [2.24, 2.45) is 0 Å². The first-order valence-electron chi connectivity index (χ1n) is 9.68. The number of nitrogens with one attached hydrogen (secondary N) is 1. The lowest BCUT2D eigenvalue weighted by Gasteiger charge is -2.38. The summed E-state index contributed by atoms with van der Waals surface area (Å²) in [5.74, 6) is 0.703. The van der Waals surface area contributed by atoms with Gasteiger partial charge in [-0.15, -0.1) is 0 Å². The minimum Gasteiger partial charge on any atom is -0.474 e. The van der Waals surface area contributed by atoms with Crippen LogP contribution in [0.3, 0.4) is 0 Å². The Bertz CT molecular complexity index is 551. The van der Waals surface area contributed by atoms with Gasteiger partial charge in [0.15, 0.2) is 0 Å². The molecule has 0 aromatic carbocycles. The van der Waals surface area contributed by atoms with Crippen molar-refractivity contribution in [3.8, 4) is 5.88 Å². The molecule has 1 aliphatic carbocycles. The number of ether oxygens (including phenoxy) is 2. The van der Waals surface area contributed by atoms with E-state index in [4.69, 9.17) is 9.47 Å². The van der Waals surface area contributed by atoms with E-state index >= 15 is 0 Å². The van der Waals surface area contributed by atoms with Gasteiger partial charge in [0, 0.05) is 43.9 Å². The van der Waals surface area contributed by atoms with Crippen LogP contribution in [0.5, 0.6) is 5.88 Å². The van der Waals surface area contributed by atoms with Crippen LogP contribution >= 0.6 is 0 Å². The quantitative estimate of drug-likeness (QED) is 0.845. The zero-order valence-corrected chi connectivity index (χ0v) is 14.8. The molecule has 1 saturated carbocycles. The highest BCUT2D eigenvalue weighted by atomic mass is 16.5. The van der Waals surface area contributed by atoms with E-state index in [1.165, 1.54) is 0 Å². The average molecular weight is 347 g/mol. The molecule has 0 bridgehead atoms. The van der Waals surface area contributed by atoms with Crippen molar-refractivity contribution in [3.05, 3.63) is 18.3 Å². The van der Waals surface area contributed by atoms with Gasteiger partial charge in [0.1, 0.15) is 6.10 Å². The summed E-state index contributed by atoms with van der Waals surface area (Å²) in [6, 6.07) is 4.05. The largest absolute Gasteiger partial charge is 0.474 e. The van der Waals surface area contributed by atoms with Crippen LogP contribution in [0.15, 0.2) is 18.3 Å². The average Bonchev–Trinajstić information content (AvgIpc) is 2.62. The fraction of sp³-hybridized carbons (Fsp3) is 0.737. The number of piperidine rings is 2. The number of anilines is 1. The zero-order valence-electron chi connectivity index (χ0n) is 14.8. The van der Waals surface area contributed by atoms with E-state index in [9.17, 15) is 5.11 Å². The lowest BCUT2D eigenvalue weighted by atomic mass is 9.91. The molecule has 0 unspecified atom stereocenters. The minimum atomic E-state index is -0.152. The van der Waals surface area contributed by atoms with Crippen molar-refractivity contribution in [1.29, 1.82) is 0 Å². The van der Waals surface area contributed by atoms with Gasteiger partial charge in [0.25, 0.3) is 0 Å². The molecular weight excluding hydrogens is 318 g/mol. The van der Waals surface area contributed by atoms with Crippen LogP contribution in [0.4, 0.5) is 5.69 Å². The van der Waals surface area contributed by atoms with E-state index in [2.05, 4.69) is 15.2 Å². The van der Waals surface area contributed by atoms with Crippen molar-refractivity contribution in [2.45, 2.75) is 62.9 Å². The molecule has 0 radical (unpaired) electrons. The summed E-state index contributed by atoms with van der Waals surface area (Å²) in [6.45, 7) is 3.92. The van der Waals surface area contributed by atoms with Gasteiger partial charge in [0.05, 0.1) is 18.3 Å². The molecule has 25 heavy (non-hydrogen) atoms. The van der Waals surface area contributed by atoms with Crippen LogP contribution < -0.4 is 15.0 Å². The maximum atomic E-state index is 9.65. The molecule has 2 aliphatic heterocycles. The standard InChI is InChI=1S/C19H29N3O3/c23-15-4-9-22(10-5-15)14-1-8-21-19(11-14)25-18-12-17(13-18)24-16-2-6-20-7-3-16/h1,8,11,15-18,20,23H,2-7,9-10,12-13H2/t17-,18-. The number of rotatable bonds is 5. The molecule has 3 aliphatic rings. The Morgan fingerprint density at radius 2 is 1.80 bits per heavy atom. The number of hydrogen-bond donors (Lipinski definition) is 2. The molecule has 1 aromatic rings. The molecule has 3 fully saturated rings. The highest BCUT2D eigenvalue weighted by Crippen LogP contribution is 2.31. The third kappa shape index (κ3) is 4.43. The minimum absolute atomic E-state index is 0.152. The number of nitrogens with zero attached hydrogens (tertiary/aromatic N) is 2. The summed E-state index contributed by atoms with van der Waals surface area (Å²) < 4.78 is 12.2. The topological polar surface area (TPSA) is 66.9 Å². The van der Waals surface area contributed by atoms with E-state index in [1.54, 1.807) is 0 Å². The summed E-state index contributed by atoms with van der Waals surface area (Å²) in [6.07, 6.45) is 8.48. The van der Waals surface area contributed by atoms with Crippen LogP contribution in [-0.2, 0) is 4.74 Å². The van der Waals surface area contributed by atoms with Gasteiger partial charge in [-0.1, -0.05) is 0 Å². The molecule has 138 valence electrons. The third-order valence-electron chi connectivity index (χ3n) is 5.56. The first-order chi connectivity index (χ1) is 12.3. The Hall–Kier alpha value is -1.37. The second-order valence-corrected chi connectivity index (χ2v) is 7.49. The molecule has 6 nitrogen and oxygen atoms in total.